The molecule has 3 heterocycles. The molecule has 0 spiro atoms. The summed E-state index contributed by atoms with van der Waals surface area (Å²) in [6.07, 6.45) is 2.94. The van der Waals surface area contributed by atoms with Gasteiger partial charge >= 0.3 is 0 Å². The number of aliphatic imine (C=N–C) groups is 1. The third-order valence-corrected chi connectivity index (χ3v) is 11.3. The number of pyridine rings is 1. The Hall–Kier alpha value is -3.65. The van der Waals surface area contributed by atoms with Gasteiger partial charge in [-0.05, 0) is 63.3 Å². The van der Waals surface area contributed by atoms with Crippen molar-refractivity contribution in [3.05, 3.63) is 63.8 Å². The molecule has 2 saturated heterocycles. The molecule has 47 heavy (non-hydrogen) atoms. The van der Waals surface area contributed by atoms with E-state index in [1.54, 1.807) is 11.0 Å². The van der Waals surface area contributed by atoms with Crippen LogP contribution in [-0.4, -0.2) is 78.6 Å². The number of piperidine rings is 1. The van der Waals surface area contributed by atoms with Gasteiger partial charge in [0.15, 0.2) is 5.96 Å². The fourth-order valence-electron chi connectivity index (χ4n) is 5.97. The number of amides is 2. The predicted octanol–water partition coefficient (Wildman–Crippen LogP) is 3.74. The van der Waals surface area contributed by atoms with Gasteiger partial charge in [0.25, 0.3) is 0 Å². The van der Waals surface area contributed by atoms with Gasteiger partial charge in [0.1, 0.15) is 28.8 Å². The number of benzene rings is 2. The maximum absolute atomic E-state index is 14.0. The van der Waals surface area contributed by atoms with Crippen LogP contribution in [0.4, 0.5) is 0 Å². The SMILES string of the molecule is Cc1ccc2cccc(OCc3c(Cl)ccc(S(=O)(=O)N4CCC[C@H]4C(=O)NC4CCN(C(=O)CCCN=C(N)N)CC4)c3Cl)c2n1. The number of hydrogen-bond donors (Lipinski definition) is 3. The van der Waals surface area contributed by atoms with Crippen molar-refractivity contribution in [1.29, 1.82) is 0 Å². The molecule has 5 N–H and O–H groups in total. The van der Waals surface area contributed by atoms with Gasteiger partial charge in [0.05, 0.1) is 5.02 Å². The van der Waals surface area contributed by atoms with E-state index in [-0.39, 0.29) is 51.9 Å². The van der Waals surface area contributed by atoms with E-state index in [1.807, 2.05) is 31.2 Å². The summed E-state index contributed by atoms with van der Waals surface area (Å²) in [5.41, 5.74) is 12.5. The highest BCUT2D eigenvalue weighted by molar-refractivity contribution is 7.89. The summed E-state index contributed by atoms with van der Waals surface area (Å²) in [6.45, 7) is 3.37. The number of halogens is 2. The first-order valence-corrected chi connectivity index (χ1v) is 17.8. The van der Waals surface area contributed by atoms with Gasteiger partial charge in [-0.3, -0.25) is 14.6 Å². The Labute approximate surface area is 284 Å². The molecule has 0 aliphatic carbocycles. The van der Waals surface area contributed by atoms with Crippen molar-refractivity contribution in [2.45, 2.75) is 69.0 Å². The number of fused-ring (bicyclic) bond motifs is 1. The van der Waals surface area contributed by atoms with Crippen molar-refractivity contribution in [3.8, 4) is 5.75 Å². The van der Waals surface area contributed by atoms with E-state index in [4.69, 9.17) is 39.4 Å². The van der Waals surface area contributed by atoms with Crippen molar-refractivity contribution in [2.75, 3.05) is 26.2 Å². The van der Waals surface area contributed by atoms with Crippen LogP contribution in [0.25, 0.3) is 10.9 Å². The Morgan fingerprint density at radius 3 is 2.57 bits per heavy atom. The average Bonchev–Trinajstić information content (AvgIpc) is 3.55. The fourth-order valence-corrected chi connectivity index (χ4v) is 8.50. The molecule has 3 aromatic rings. The van der Waals surface area contributed by atoms with E-state index < -0.39 is 16.1 Å². The van der Waals surface area contributed by atoms with Crippen LogP contribution in [0.5, 0.6) is 5.75 Å². The third-order valence-electron chi connectivity index (χ3n) is 8.48. The average molecular weight is 705 g/mol. The van der Waals surface area contributed by atoms with E-state index >= 15 is 0 Å². The molecule has 2 aliphatic rings. The van der Waals surface area contributed by atoms with Gasteiger partial charge in [-0.15, -0.1) is 0 Å². The molecule has 0 bridgehead atoms. The molecular weight excluding hydrogens is 665 g/mol. The second-order valence-electron chi connectivity index (χ2n) is 11.8. The lowest BCUT2D eigenvalue weighted by Crippen LogP contribution is -2.52. The Balaban J connectivity index is 1.23. The molecule has 2 aliphatic heterocycles. The molecule has 12 nitrogen and oxygen atoms in total. The smallest absolute Gasteiger partial charge is 0.245 e. The van der Waals surface area contributed by atoms with E-state index in [2.05, 4.69) is 15.3 Å². The van der Waals surface area contributed by atoms with Gasteiger partial charge in [-0.1, -0.05) is 41.4 Å². The second-order valence-corrected chi connectivity index (χ2v) is 14.4. The number of carbonyl (C=O) groups excluding carboxylic acids is 2. The number of carbonyl (C=O) groups is 2. The van der Waals surface area contributed by atoms with Crippen LogP contribution in [0.3, 0.4) is 0 Å². The lowest BCUT2D eigenvalue weighted by molar-refractivity contribution is -0.132. The first-order valence-electron chi connectivity index (χ1n) is 15.6. The number of rotatable bonds is 11. The van der Waals surface area contributed by atoms with Crippen LogP contribution in [0.2, 0.25) is 10.0 Å². The topological polar surface area (TPSA) is 173 Å². The summed E-state index contributed by atoms with van der Waals surface area (Å²) in [4.78, 5) is 36.1. The van der Waals surface area contributed by atoms with Crippen molar-refractivity contribution < 1.29 is 22.7 Å². The van der Waals surface area contributed by atoms with Crippen LogP contribution in [0.1, 0.15) is 49.8 Å². The molecule has 0 radical (unpaired) electrons. The number of aromatic nitrogens is 1. The van der Waals surface area contributed by atoms with E-state index in [0.717, 1.165) is 11.1 Å². The minimum atomic E-state index is -4.17. The number of guanidine groups is 1. The zero-order valence-corrected chi connectivity index (χ0v) is 28.5. The zero-order chi connectivity index (χ0) is 33.7. The molecular formula is C32H39Cl2N7O5S. The van der Waals surface area contributed by atoms with Crippen molar-refractivity contribution in [1.82, 2.24) is 19.5 Å². The summed E-state index contributed by atoms with van der Waals surface area (Å²) in [5.74, 6) is 0.169. The third kappa shape index (κ3) is 8.08. The minimum absolute atomic E-state index is 0.000919. The predicted molar refractivity (Wildman–Crippen MR) is 182 cm³/mol. The first kappa shape index (κ1) is 34.7. The number of nitrogens with two attached hydrogens (primary N) is 2. The maximum atomic E-state index is 14.0. The van der Waals surface area contributed by atoms with E-state index in [1.165, 1.54) is 16.4 Å². The second kappa shape index (κ2) is 15.1. The van der Waals surface area contributed by atoms with Crippen LogP contribution >= 0.6 is 23.2 Å². The van der Waals surface area contributed by atoms with Crippen molar-refractivity contribution >= 4 is 61.9 Å². The first-order chi connectivity index (χ1) is 22.5. The van der Waals surface area contributed by atoms with Crippen molar-refractivity contribution in [2.24, 2.45) is 16.5 Å². The zero-order valence-electron chi connectivity index (χ0n) is 26.1. The van der Waals surface area contributed by atoms with Crippen LogP contribution in [-0.2, 0) is 26.2 Å². The molecule has 0 saturated carbocycles. The van der Waals surface area contributed by atoms with E-state index in [9.17, 15) is 18.0 Å². The van der Waals surface area contributed by atoms with E-state index in [0.29, 0.717) is 75.0 Å². The Kier molecular flexibility index (Phi) is 11.1. The molecule has 252 valence electrons. The normalized spacial score (nSPS) is 17.5. The van der Waals surface area contributed by atoms with Gasteiger partial charge in [0.2, 0.25) is 21.8 Å². The number of ether oxygens (including phenoxy) is 1. The number of aryl methyl sites for hydroxylation is 1. The molecule has 2 amide bonds. The summed E-state index contributed by atoms with van der Waals surface area (Å²) in [5, 5.41) is 4.12. The summed E-state index contributed by atoms with van der Waals surface area (Å²) < 4.78 is 35.2. The molecule has 0 unspecified atom stereocenters. The Morgan fingerprint density at radius 2 is 1.83 bits per heavy atom. The van der Waals surface area contributed by atoms with Gasteiger partial charge in [-0.25, -0.2) is 13.4 Å². The van der Waals surface area contributed by atoms with Crippen LogP contribution in [0, 0.1) is 6.92 Å². The quantitative estimate of drug-likeness (QED) is 0.154. The lowest BCUT2D eigenvalue weighted by Gasteiger charge is -2.33. The number of sulfonamides is 1. The number of nitrogens with one attached hydrogen (secondary N) is 1. The van der Waals surface area contributed by atoms with Crippen LogP contribution < -0.4 is 21.5 Å². The molecule has 1 atom stereocenters. The van der Waals surface area contributed by atoms with Gasteiger partial charge in [-0.2, -0.15) is 4.31 Å². The fraction of sp³-hybridized carbons (Fsp3) is 0.438. The maximum Gasteiger partial charge on any atom is 0.245 e. The number of para-hydroxylation sites is 1. The highest BCUT2D eigenvalue weighted by Crippen LogP contribution is 2.36. The number of likely N-dealkylation sites (tertiary alicyclic amines) is 1. The lowest BCUT2D eigenvalue weighted by atomic mass is 10.0. The monoisotopic (exact) mass is 703 g/mol. The van der Waals surface area contributed by atoms with Gasteiger partial charge < -0.3 is 26.4 Å². The Bertz CT molecular complexity index is 1780. The number of hydrogen-bond acceptors (Lipinski definition) is 7. The van der Waals surface area contributed by atoms with Crippen LogP contribution in [0.15, 0.2) is 52.4 Å². The minimum Gasteiger partial charge on any atom is -0.487 e. The summed E-state index contributed by atoms with van der Waals surface area (Å²) in [6, 6.07) is 11.2. The Morgan fingerprint density at radius 1 is 1.06 bits per heavy atom. The highest BCUT2D eigenvalue weighted by Gasteiger charge is 2.41. The molecule has 1 aromatic heterocycles. The standard InChI is InChI=1S/C32H39Cl2N7O5S/c1-20-9-10-21-5-2-7-26(30(21)38-20)46-19-23-24(33)11-12-27(29(23)34)47(44,45)41-16-4-6-25(41)31(43)39-22-13-17-40(18-14-22)28(42)8-3-15-37-32(35)36/h2,5,7,9-12,22,25H,3-4,6,8,13-19H2,1H3,(H,39,43)(H4,35,36,37)/t25-/m0/s1. The molecule has 5 rings (SSSR count). The number of nitrogens with zero attached hydrogens (tertiary/aromatic N) is 4. The van der Waals surface area contributed by atoms with Gasteiger partial charge in [0, 0.05) is 60.3 Å². The molecule has 15 heteroatoms. The molecule has 2 fully saturated rings. The summed E-state index contributed by atoms with van der Waals surface area (Å²) >= 11 is 13.2. The molecule has 2 aromatic carbocycles. The highest BCUT2D eigenvalue weighted by atomic mass is 35.5. The summed E-state index contributed by atoms with van der Waals surface area (Å²) in [7, 11) is -4.17. The van der Waals surface area contributed by atoms with Crippen molar-refractivity contribution in [3.63, 3.8) is 0 Å². The largest absolute Gasteiger partial charge is 0.487 e.